The molecule has 3 aromatic heterocycles. The summed E-state index contributed by atoms with van der Waals surface area (Å²) < 4.78 is 3.45. The first-order valence-electron chi connectivity index (χ1n) is 6.98. The number of fused-ring (bicyclic) bond motifs is 2. The molecule has 7 nitrogen and oxygen atoms in total. The summed E-state index contributed by atoms with van der Waals surface area (Å²) >= 11 is 5.95. The summed E-state index contributed by atoms with van der Waals surface area (Å²) in [6, 6.07) is 5.31. The molecule has 1 amide bonds. The van der Waals surface area contributed by atoms with Gasteiger partial charge >= 0.3 is 0 Å². The number of hydrogen-bond acceptors (Lipinski definition) is 4. The molecule has 0 saturated carbocycles. The van der Waals surface area contributed by atoms with E-state index in [1.54, 1.807) is 33.9 Å². The fourth-order valence-corrected chi connectivity index (χ4v) is 2.96. The van der Waals surface area contributed by atoms with Crippen LogP contribution in [-0.2, 0) is 6.54 Å². The van der Waals surface area contributed by atoms with Gasteiger partial charge in [-0.25, -0.2) is 9.20 Å². The lowest BCUT2D eigenvalue weighted by molar-refractivity contribution is 0.0630. The van der Waals surface area contributed by atoms with Gasteiger partial charge in [-0.1, -0.05) is 16.8 Å². The number of aromatic nitrogens is 5. The van der Waals surface area contributed by atoms with Crippen LogP contribution in [0.3, 0.4) is 0 Å². The van der Waals surface area contributed by atoms with Gasteiger partial charge in [0.2, 0.25) is 0 Å². The maximum absolute atomic E-state index is 12.8. The van der Waals surface area contributed by atoms with E-state index in [1.165, 1.54) is 0 Å². The highest BCUT2D eigenvalue weighted by molar-refractivity contribution is 6.30. The third kappa shape index (κ3) is 1.97. The SMILES string of the molecule is CC1c2cnnn2CCN1C(=O)c1cc2ccc(Cl)cn2n1. The molecular formula is C14H13ClN6O. The Morgan fingerprint density at radius 3 is 3.09 bits per heavy atom. The minimum absolute atomic E-state index is 0.0790. The van der Waals surface area contributed by atoms with E-state index in [9.17, 15) is 4.79 Å². The molecule has 1 aliphatic heterocycles. The summed E-state index contributed by atoms with van der Waals surface area (Å²) in [5.74, 6) is -0.0974. The van der Waals surface area contributed by atoms with Crippen LogP contribution in [0.4, 0.5) is 0 Å². The molecule has 3 aromatic rings. The standard InChI is InChI=1S/C14H13ClN6O/c1-9-13-7-16-18-20(13)5-4-19(9)14(22)12-6-11-3-2-10(15)8-21(11)17-12/h2-3,6-9H,4-5H2,1H3. The molecule has 4 heterocycles. The van der Waals surface area contributed by atoms with E-state index in [2.05, 4.69) is 15.4 Å². The average Bonchev–Trinajstić information content (AvgIpc) is 3.12. The Labute approximate surface area is 131 Å². The number of hydrogen-bond donors (Lipinski definition) is 0. The zero-order chi connectivity index (χ0) is 15.3. The molecule has 0 bridgehead atoms. The lowest BCUT2D eigenvalue weighted by Crippen LogP contribution is -2.41. The molecule has 0 fully saturated rings. The van der Waals surface area contributed by atoms with E-state index >= 15 is 0 Å². The van der Waals surface area contributed by atoms with Gasteiger partial charge in [0.05, 0.1) is 35.0 Å². The van der Waals surface area contributed by atoms with Crippen molar-refractivity contribution in [2.24, 2.45) is 0 Å². The van der Waals surface area contributed by atoms with Gasteiger partial charge in [0.25, 0.3) is 5.91 Å². The maximum atomic E-state index is 12.8. The monoisotopic (exact) mass is 316 g/mol. The van der Waals surface area contributed by atoms with Crippen LogP contribution in [0, 0.1) is 0 Å². The quantitative estimate of drug-likeness (QED) is 0.686. The molecular weight excluding hydrogens is 304 g/mol. The van der Waals surface area contributed by atoms with Crippen LogP contribution < -0.4 is 0 Å². The van der Waals surface area contributed by atoms with Crippen molar-refractivity contribution in [1.29, 1.82) is 0 Å². The Morgan fingerprint density at radius 1 is 1.36 bits per heavy atom. The van der Waals surface area contributed by atoms with Crippen LogP contribution in [0.5, 0.6) is 0 Å². The molecule has 0 radical (unpaired) electrons. The molecule has 22 heavy (non-hydrogen) atoms. The number of rotatable bonds is 1. The highest BCUT2D eigenvalue weighted by Crippen LogP contribution is 2.25. The van der Waals surface area contributed by atoms with Gasteiger partial charge in [-0.05, 0) is 25.1 Å². The van der Waals surface area contributed by atoms with Gasteiger partial charge in [0.1, 0.15) is 0 Å². The van der Waals surface area contributed by atoms with Gasteiger partial charge in [-0.3, -0.25) is 4.79 Å². The molecule has 8 heteroatoms. The lowest BCUT2D eigenvalue weighted by atomic mass is 10.1. The fraction of sp³-hybridized carbons (Fsp3) is 0.286. The maximum Gasteiger partial charge on any atom is 0.275 e. The molecule has 1 atom stereocenters. The Kier molecular flexibility index (Phi) is 2.90. The summed E-state index contributed by atoms with van der Waals surface area (Å²) in [5.41, 5.74) is 2.19. The van der Waals surface area contributed by atoms with Crippen LogP contribution in [0.2, 0.25) is 5.02 Å². The van der Waals surface area contributed by atoms with E-state index in [1.807, 2.05) is 17.7 Å². The van der Waals surface area contributed by atoms with E-state index in [-0.39, 0.29) is 11.9 Å². The lowest BCUT2D eigenvalue weighted by Gasteiger charge is -2.32. The van der Waals surface area contributed by atoms with Gasteiger partial charge in [-0.15, -0.1) is 5.10 Å². The Hall–Kier alpha value is -2.41. The third-order valence-electron chi connectivity index (χ3n) is 4.00. The fourth-order valence-electron chi connectivity index (χ4n) is 2.81. The Bertz CT molecular complexity index is 869. The molecule has 1 aliphatic rings. The smallest absolute Gasteiger partial charge is 0.275 e. The van der Waals surface area contributed by atoms with Crippen LogP contribution in [0.15, 0.2) is 30.6 Å². The second kappa shape index (κ2) is 4.81. The van der Waals surface area contributed by atoms with Crippen molar-refractivity contribution in [3.63, 3.8) is 0 Å². The zero-order valence-electron chi connectivity index (χ0n) is 11.8. The topological polar surface area (TPSA) is 68.3 Å². The molecule has 0 N–H and O–H groups in total. The van der Waals surface area contributed by atoms with Crippen molar-refractivity contribution in [3.8, 4) is 0 Å². The molecule has 0 spiro atoms. The third-order valence-corrected chi connectivity index (χ3v) is 4.22. The summed E-state index contributed by atoms with van der Waals surface area (Å²) in [6.07, 6.45) is 3.39. The van der Waals surface area contributed by atoms with Gasteiger partial charge in [0.15, 0.2) is 5.69 Å². The number of halogens is 1. The van der Waals surface area contributed by atoms with E-state index < -0.39 is 0 Å². The van der Waals surface area contributed by atoms with Crippen molar-refractivity contribution < 1.29 is 4.79 Å². The van der Waals surface area contributed by atoms with Crippen LogP contribution >= 0.6 is 11.6 Å². The number of carbonyl (C=O) groups is 1. The average molecular weight is 317 g/mol. The Balaban J connectivity index is 1.68. The predicted molar refractivity (Wildman–Crippen MR) is 79.7 cm³/mol. The molecule has 1 unspecified atom stereocenters. The van der Waals surface area contributed by atoms with E-state index in [0.29, 0.717) is 23.8 Å². The summed E-state index contributed by atoms with van der Waals surface area (Å²) in [6.45, 7) is 3.20. The van der Waals surface area contributed by atoms with E-state index in [0.717, 1.165) is 11.2 Å². The summed E-state index contributed by atoms with van der Waals surface area (Å²) in [5, 5.41) is 12.8. The van der Waals surface area contributed by atoms with Crippen molar-refractivity contribution in [3.05, 3.63) is 47.0 Å². The van der Waals surface area contributed by atoms with Crippen LogP contribution in [0.25, 0.3) is 5.52 Å². The highest BCUT2D eigenvalue weighted by Gasteiger charge is 2.30. The normalized spacial score (nSPS) is 17.7. The van der Waals surface area contributed by atoms with Crippen LogP contribution in [-0.4, -0.2) is 42.0 Å². The first-order chi connectivity index (χ1) is 10.6. The van der Waals surface area contributed by atoms with Gasteiger partial charge < -0.3 is 4.90 Å². The zero-order valence-corrected chi connectivity index (χ0v) is 12.6. The van der Waals surface area contributed by atoms with Crippen molar-refractivity contribution in [2.75, 3.05) is 6.54 Å². The van der Waals surface area contributed by atoms with E-state index in [4.69, 9.17) is 11.6 Å². The van der Waals surface area contributed by atoms with Gasteiger partial charge in [-0.2, -0.15) is 5.10 Å². The molecule has 0 saturated heterocycles. The second-order valence-electron chi connectivity index (χ2n) is 5.30. The summed E-state index contributed by atoms with van der Waals surface area (Å²) in [7, 11) is 0. The minimum atomic E-state index is -0.0974. The van der Waals surface area contributed by atoms with Crippen molar-refractivity contribution in [1.82, 2.24) is 29.5 Å². The Morgan fingerprint density at radius 2 is 2.23 bits per heavy atom. The van der Waals surface area contributed by atoms with Crippen molar-refractivity contribution >= 4 is 23.0 Å². The van der Waals surface area contributed by atoms with Crippen molar-refractivity contribution in [2.45, 2.75) is 19.5 Å². The van der Waals surface area contributed by atoms with Gasteiger partial charge in [0, 0.05) is 12.7 Å². The first kappa shape index (κ1) is 13.3. The second-order valence-corrected chi connectivity index (χ2v) is 5.74. The number of pyridine rings is 1. The summed E-state index contributed by atoms with van der Waals surface area (Å²) in [4.78, 5) is 14.6. The number of carbonyl (C=O) groups excluding carboxylic acids is 1. The molecule has 0 aromatic carbocycles. The minimum Gasteiger partial charge on any atom is -0.327 e. The predicted octanol–water partition coefficient (Wildman–Crippen LogP) is 1.80. The number of nitrogens with zero attached hydrogens (tertiary/aromatic N) is 6. The highest BCUT2D eigenvalue weighted by atomic mass is 35.5. The number of amides is 1. The first-order valence-corrected chi connectivity index (χ1v) is 7.35. The largest absolute Gasteiger partial charge is 0.327 e. The molecule has 0 aliphatic carbocycles. The molecule has 112 valence electrons. The molecule has 4 rings (SSSR count). The van der Waals surface area contributed by atoms with Crippen LogP contribution in [0.1, 0.15) is 29.1 Å².